The first kappa shape index (κ1) is 18.4. The molecule has 1 aromatic rings. The molecule has 1 saturated heterocycles. The van der Waals surface area contributed by atoms with Gasteiger partial charge in [-0.3, -0.25) is 19.8 Å². The van der Waals surface area contributed by atoms with Gasteiger partial charge in [-0.25, -0.2) is 4.79 Å². The van der Waals surface area contributed by atoms with E-state index in [1.807, 2.05) is 30.9 Å². The average molecular weight is 359 g/mol. The average Bonchev–Trinajstić information content (AvgIpc) is 3.08. The predicted molar refractivity (Wildman–Crippen MR) is 96.9 cm³/mol. The SMILES string of the molecule is Cc1ccc(NC(=O)NC(=O)CN2C[C@@H]3CCC[C@@]3(C(=O)O)C2)cc1C. The van der Waals surface area contributed by atoms with Crippen LogP contribution in [0.1, 0.15) is 30.4 Å². The molecule has 2 aliphatic rings. The smallest absolute Gasteiger partial charge is 0.325 e. The Morgan fingerprint density at radius 3 is 2.69 bits per heavy atom. The zero-order valence-electron chi connectivity index (χ0n) is 15.2. The van der Waals surface area contributed by atoms with Crippen molar-refractivity contribution in [2.24, 2.45) is 11.3 Å². The molecule has 1 aliphatic heterocycles. The van der Waals surface area contributed by atoms with E-state index in [9.17, 15) is 19.5 Å². The minimum atomic E-state index is -0.768. The molecule has 1 heterocycles. The summed E-state index contributed by atoms with van der Waals surface area (Å²) < 4.78 is 0. The van der Waals surface area contributed by atoms with Gasteiger partial charge in [0.05, 0.1) is 12.0 Å². The van der Waals surface area contributed by atoms with Gasteiger partial charge in [-0.15, -0.1) is 0 Å². The van der Waals surface area contributed by atoms with Gasteiger partial charge in [0.2, 0.25) is 5.91 Å². The maximum Gasteiger partial charge on any atom is 0.325 e. The monoisotopic (exact) mass is 359 g/mol. The van der Waals surface area contributed by atoms with E-state index in [4.69, 9.17) is 0 Å². The van der Waals surface area contributed by atoms with Gasteiger partial charge in [-0.1, -0.05) is 12.5 Å². The summed E-state index contributed by atoms with van der Waals surface area (Å²) in [6.07, 6.45) is 2.48. The number of anilines is 1. The van der Waals surface area contributed by atoms with Crippen LogP contribution < -0.4 is 10.6 Å². The number of likely N-dealkylation sites (tertiary alicyclic amines) is 1. The Morgan fingerprint density at radius 2 is 2.04 bits per heavy atom. The number of aliphatic carboxylic acids is 1. The molecule has 0 spiro atoms. The number of rotatable bonds is 4. The van der Waals surface area contributed by atoms with Crippen molar-refractivity contribution in [3.8, 4) is 0 Å². The van der Waals surface area contributed by atoms with Gasteiger partial charge in [0.25, 0.3) is 0 Å². The molecule has 2 fully saturated rings. The highest BCUT2D eigenvalue weighted by molar-refractivity contribution is 6.01. The third-order valence-corrected chi connectivity index (χ3v) is 5.75. The van der Waals surface area contributed by atoms with Crippen molar-refractivity contribution in [2.45, 2.75) is 33.1 Å². The fraction of sp³-hybridized carbons (Fsp3) is 0.526. The molecular formula is C19H25N3O4. The Bertz CT molecular complexity index is 748. The third-order valence-electron chi connectivity index (χ3n) is 5.75. The number of carbonyl (C=O) groups excluding carboxylic acids is 2. The van der Waals surface area contributed by atoms with Gasteiger partial charge in [-0.2, -0.15) is 0 Å². The predicted octanol–water partition coefficient (Wildman–Crippen LogP) is 2.14. The molecule has 0 aromatic heterocycles. The largest absolute Gasteiger partial charge is 0.481 e. The summed E-state index contributed by atoms with van der Waals surface area (Å²) in [5, 5.41) is 14.6. The number of hydrogen-bond donors (Lipinski definition) is 3. The van der Waals surface area contributed by atoms with Crippen LogP contribution in [-0.2, 0) is 9.59 Å². The molecule has 0 unspecified atom stereocenters. The van der Waals surface area contributed by atoms with Gasteiger partial charge in [0.15, 0.2) is 0 Å². The van der Waals surface area contributed by atoms with Gasteiger partial charge in [0.1, 0.15) is 0 Å². The molecule has 2 atom stereocenters. The van der Waals surface area contributed by atoms with E-state index >= 15 is 0 Å². The Labute approximate surface area is 152 Å². The van der Waals surface area contributed by atoms with Crippen LogP contribution in [-0.4, -0.2) is 47.5 Å². The van der Waals surface area contributed by atoms with E-state index in [0.29, 0.717) is 25.2 Å². The highest BCUT2D eigenvalue weighted by Gasteiger charge is 2.54. The van der Waals surface area contributed by atoms with Crippen molar-refractivity contribution >= 4 is 23.6 Å². The van der Waals surface area contributed by atoms with Crippen LogP contribution in [0, 0.1) is 25.2 Å². The molecule has 7 nitrogen and oxygen atoms in total. The lowest BCUT2D eigenvalue weighted by atomic mass is 9.81. The highest BCUT2D eigenvalue weighted by atomic mass is 16.4. The van der Waals surface area contributed by atoms with Crippen LogP contribution in [0.15, 0.2) is 18.2 Å². The fourth-order valence-electron chi connectivity index (χ4n) is 4.21. The first-order valence-corrected chi connectivity index (χ1v) is 8.94. The van der Waals surface area contributed by atoms with Crippen molar-refractivity contribution in [2.75, 3.05) is 25.0 Å². The van der Waals surface area contributed by atoms with Gasteiger partial charge in [-0.05, 0) is 55.9 Å². The summed E-state index contributed by atoms with van der Waals surface area (Å²) in [5.74, 6) is -1.10. The van der Waals surface area contributed by atoms with E-state index in [2.05, 4.69) is 10.6 Å². The second-order valence-corrected chi connectivity index (χ2v) is 7.52. The molecule has 140 valence electrons. The topological polar surface area (TPSA) is 98.7 Å². The Kier molecular flexibility index (Phi) is 5.00. The molecule has 1 saturated carbocycles. The Hall–Kier alpha value is -2.41. The maximum atomic E-state index is 12.2. The summed E-state index contributed by atoms with van der Waals surface area (Å²) in [4.78, 5) is 37.7. The van der Waals surface area contributed by atoms with Crippen LogP contribution in [0.5, 0.6) is 0 Å². The van der Waals surface area contributed by atoms with E-state index in [0.717, 1.165) is 24.0 Å². The first-order chi connectivity index (χ1) is 12.3. The van der Waals surface area contributed by atoms with E-state index in [1.165, 1.54) is 0 Å². The number of carboxylic acid groups (broad SMARTS) is 1. The lowest BCUT2D eigenvalue weighted by Gasteiger charge is -2.23. The van der Waals surface area contributed by atoms with E-state index in [-0.39, 0.29) is 12.5 Å². The van der Waals surface area contributed by atoms with Crippen molar-refractivity contribution < 1.29 is 19.5 Å². The zero-order chi connectivity index (χ0) is 18.9. The number of fused-ring (bicyclic) bond motifs is 1. The minimum Gasteiger partial charge on any atom is -0.481 e. The lowest BCUT2D eigenvalue weighted by molar-refractivity contribution is -0.149. The number of imide groups is 1. The summed E-state index contributed by atoms with van der Waals surface area (Å²) in [6, 6.07) is 4.95. The van der Waals surface area contributed by atoms with Gasteiger partial charge >= 0.3 is 12.0 Å². The Morgan fingerprint density at radius 1 is 1.27 bits per heavy atom. The molecule has 7 heteroatoms. The number of carbonyl (C=O) groups is 3. The van der Waals surface area contributed by atoms with Gasteiger partial charge in [0, 0.05) is 18.8 Å². The number of nitrogens with one attached hydrogen (secondary N) is 2. The Balaban J connectivity index is 1.52. The molecule has 3 rings (SSSR count). The van der Waals surface area contributed by atoms with Crippen LogP contribution in [0.2, 0.25) is 0 Å². The number of hydrogen-bond acceptors (Lipinski definition) is 4. The summed E-state index contributed by atoms with van der Waals surface area (Å²) in [7, 11) is 0. The molecule has 0 radical (unpaired) electrons. The van der Waals surface area contributed by atoms with Crippen LogP contribution >= 0.6 is 0 Å². The molecule has 1 aromatic carbocycles. The van der Waals surface area contributed by atoms with Gasteiger partial charge < -0.3 is 10.4 Å². The number of aryl methyl sites for hydroxylation is 2. The molecule has 1 aliphatic carbocycles. The molecular weight excluding hydrogens is 334 g/mol. The standard InChI is InChI=1S/C19H25N3O4/c1-12-5-6-15(8-13(12)2)20-18(26)21-16(23)10-22-9-14-4-3-7-19(14,11-22)17(24)25/h5-6,8,14H,3-4,7,9-11H2,1-2H3,(H,24,25)(H2,20,21,23,26)/t14-,19+/m0/s1. The van der Waals surface area contributed by atoms with Crippen molar-refractivity contribution in [1.29, 1.82) is 0 Å². The number of amides is 3. The minimum absolute atomic E-state index is 0.0336. The lowest BCUT2D eigenvalue weighted by Crippen LogP contribution is -2.42. The van der Waals surface area contributed by atoms with Crippen LogP contribution in [0.3, 0.4) is 0 Å². The second kappa shape index (κ2) is 7.07. The van der Waals surface area contributed by atoms with Crippen molar-refractivity contribution in [1.82, 2.24) is 10.2 Å². The number of urea groups is 1. The molecule has 0 bridgehead atoms. The summed E-state index contributed by atoms with van der Waals surface area (Å²) >= 11 is 0. The molecule has 3 amide bonds. The van der Waals surface area contributed by atoms with Crippen molar-refractivity contribution in [3.63, 3.8) is 0 Å². The van der Waals surface area contributed by atoms with Crippen molar-refractivity contribution in [3.05, 3.63) is 29.3 Å². The maximum absolute atomic E-state index is 12.2. The third kappa shape index (κ3) is 3.58. The number of benzene rings is 1. The second-order valence-electron chi connectivity index (χ2n) is 7.52. The number of nitrogens with zero attached hydrogens (tertiary/aromatic N) is 1. The van der Waals surface area contributed by atoms with E-state index < -0.39 is 23.3 Å². The normalized spacial score (nSPS) is 24.9. The van der Waals surface area contributed by atoms with E-state index in [1.54, 1.807) is 6.07 Å². The molecule has 26 heavy (non-hydrogen) atoms. The quantitative estimate of drug-likeness (QED) is 0.765. The fourth-order valence-corrected chi connectivity index (χ4v) is 4.21. The number of carboxylic acids is 1. The van der Waals surface area contributed by atoms with Crippen LogP contribution in [0.4, 0.5) is 10.5 Å². The summed E-state index contributed by atoms with van der Waals surface area (Å²) in [6.45, 7) is 4.94. The molecule has 3 N–H and O–H groups in total. The zero-order valence-corrected chi connectivity index (χ0v) is 15.2. The van der Waals surface area contributed by atoms with Crippen LogP contribution in [0.25, 0.3) is 0 Å². The summed E-state index contributed by atoms with van der Waals surface area (Å²) in [5.41, 5.74) is 2.08. The highest BCUT2D eigenvalue weighted by Crippen LogP contribution is 2.48. The first-order valence-electron chi connectivity index (χ1n) is 8.94.